The lowest BCUT2D eigenvalue weighted by Crippen LogP contribution is -2.02. The van der Waals surface area contributed by atoms with Crippen LogP contribution in [0.2, 0.25) is 0 Å². The highest BCUT2D eigenvalue weighted by Gasteiger charge is 2.17. The fraction of sp³-hybridized carbons (Fsp3) is 0.357. The number of benzene rings is 1. The Morgan fingerprint density at radius 1 is 1.25 bits per heavy atom. The topological polar surface area (TPSA) is 54.5 Å². The van der Waals surface area contributed by atoms with E-state index in [9.17, 15) is 4.39 Å². The molecule has 2 heterocycles. The highest BCUT2D eigenvalue weighted by molar-refractivity contribution is 7.99. The van der Waals surface area contributed by atoms with Gasteiger partial charge in [-0.1, -0.05) is 12.5 Å². The molecule has 102 valence electrons. The molecule has 0 aliphatic carbocycles. The molecular formula is C14H13FN4S. The van der Waals surface area contributed by atoms with Gasteiger partial charge in [0.05, 0.1) is 0 Å². The Labute approximate surface area is 120 Å². The lowest BCUT2D eigenvalue weighted by Gasteiger charge is -2.07. The first-order valence-corrected chi connectivity index (χ1v) is 7.40. The number of aromatic nitrogens is 3. The summed E-state index contributed by atoms with van der Waals surface area (Å²) in [4.78, 5) is 0.590. The number of nitriles is 1. The molecule has 0 unspecified atom stereocenters. The van der Waals surface area contributed by atoms with Crippen molar-refractivity contribution < 1.29 is 4.39 Å². The third-order valence-electron chi connectivity index (χ3n) is 3.36. The van der Waals surface area contributed by atoms with Crippen molar-refractivity contribution in [2.24, 2.45) is 0 Å². The largest absolute Gasteiger partial charge is 0.306 e. The first kappa shape index (κ1) is 13.1. The van der Waals surface area contributed by atoms with Crippen LogP contribution in [-0.2, 0) is 13.0 Å². The monoisotopic (exact) mass is 288 g/mol. The van der Waals surface area contributed by atoms with Gasteiger partial charge in [0, 0.05) is 17.9 Å². The fourth-order valence-corrected chi connectivity index (χ4v) is 3.31. The van der Waals surface area contributed by atoms with Crippen LogP contribution >= 0.6 is 11.8 Å². The summed E-state index contributed by atoms with van der Waals surface area (Å²) in [6, 6.07) is 6.56. The molecule has 3 rings (SSSR count). The number of rotatable bonds is 2. The van der Waals surface area contributed by atoms with Crippen molar-refractivity contribution in [3.05, 3.63) is 35.4 Å². The second-order valence-electron chi connectivity index (χ2n) is 4.69. The number of fused-ring (bicyclic) bond motifs is 1. The van der Waals surface area contributed by atoms with Gasteiger partial charge >= 0.3 is 0 Å². The van der Waals surface area contributed by atoms with Crippen molar-refractivity contribution >= 4 is 11.8 Å². The Hall–Kier alpha value is -1.87. The maximum atomic E-state index is 13.6. The zero-order valence-electron chi connectivity index (χ0n) is 10.8. The second kappa shape index (κ2) is 5.63. The van der Waals surface area contributed by atoms with Crippen LogP contribution in [0.4, 0.5) is 4.39 Å². The summed E-state index contributed by atoms with van der Waals surface area (Å²) in [7, 11) is 0. The molecule has 0 spiro atoms. The van der Waals surface area contributed by atoms with Gasteiger partial charge < -0.3 is 4.57 Å². The SMILES string of the molecule is N#Cc1c(F)cccc1Sc1nnc2n1CCCCC2. The number of nitrogens with zero attached hydrogens (tertiary/aromatic N) is 4. The van der Waals surface area contributed by atoms with E-state index in [1.807, 2.05) is 6.07 Å². The minimum absolute atomic E-state index is 0.0727. The average molecular weight is 288 g/mol. The molecule has 0 bridgehead atoms. The van der Waals surface area contributed by atoms with Crippen LogP contribution in [0.5, 0.6) is 0 Å². The standard InChI is InChI=1S/C14H13FN4S/c15-11-5-4-6-12(10(11)9-16)20-14-18-17-13-7-2-1-3-8-19(13)14/h4-6H,1-3,7-8H2. The summed E-state index contributed by atoms with van der Waals surface area (Å²) in [5.74, 6) is 0.494. The maximum absolute atomic E-state index is 13.6. The first-order chi connectivity index (χ1) is 9.79. The van der Waals surface area contributed by atoms with Crippen LogP contribution < -0.4 is 0 Å². The molecule has 4 nitrogen and oxygen atoms in total. The van der Waals surface area contributed by atoms with Crippen molar-refractivity contribution in [1.29, 1.82) is 5.26 Å². The van der Waals surface area contributed by atoms with E-state index in [0.29, 0.717) is 4.90 Å². The van der Waals surface area contributed by atoms with E-state index in [0.717, 1.165) is 36.8 Å². The van der Waals surface area contributed by atoms with E-state index in [2.05, 4.69) is 14.8 Å². The Morgan fingerprint density at radius 3 is 3.00 bits per heavy atom. The summed E-state index contributed by atoms with van der Waals surface area (Å²) < 4.78 is 15.7. The quantitative estimate of drug-likeness (QED) is 0.851. The summed E-state index contributed by atoms with van der Waals surface area (Å²) in [5, 5.41) is 18.2. The van der Waals surface area contributed by atoms with E-state index in [1.54, 1.807) is 12.1 Å². The molecule has 0 atom stereocenters. The minimum Gasteiger partial charge on any atom is -0.306 e. The zero-order chi connectivity index (χ0) is 13.9. The third-order valence-corrected chi connectivity index (χ3v) is 4.41. The lowest BCUT2D eigenvalue weighted by atomic mass is 10.2. The molecular weight excluding hydrogens is 275 g/mol. The average Bonchev–Trinajstić information content (AvgIpc) is 2.68. The third kappa shape index (κ3) is 2.41. The van der Waals surface area contributed by atoms with Gasteiger partial charge in [-0.05, 0) is 36.7 Å². The summed E-state index contributed by atoms with van der Waals surface area (Å²) in [6.07, 6.45) is 4.36. The van der Waals surface area contributed by atoms with E-state index < -0.39 is 5.82 Å². The smallest absolute Gasteiger partial charge is 0.196 e. The minimum atomic E-state index is -0.492. The van der Waals surface area contributed by atoms with Crippen molar-refractivity contribution in [2.75, 3.05) is 0 Å². The van der Waals surface area contributed by atoms with Crippen molar-refractivity contribution in [1.82, 2.24) is 14.8 Å². The van der Waals surface area contributed by atoms with Crippen molar-refractivity contribution in [3.8, 4) is 6.07 Å². The van der Waals surface area contributed by atoms with Gasteiger partial charge in [0.15, 0.2) is 5.16 Å². The molecule has 0 amide bonds. The van der Waals surface area contributed by atoms with Gasteiger partial charge in [0.25, 0.3) is 0 Å². The molecule has 6 heteroatoms. The van der Waals surface area contributed by atoms with Gasteiger partial charge in [-0.3, -0.25) is 0 Å². The molecule has 2 aromatic rings. The van der Waals surface area contributed by atoms with Gasteiger partial charge in [-0.25, -0.2) is 4.39 Å². The predicted octanol–water partition coefficient (Wildman–Crippen LogP) is 3.17. The first-order valence-electron chi connectivity index (χ1n) is 6.58. The zero-order valence-corrected chi connectivity index (χ0v) is 11.7. The maximum Gasteiger partial charge on any atom is 0.196 e. The van der Waals surface area contributed by atoms with E-state index in [1.165, 1.54) is 24.2 Å². The van der Waals surface area contributed by atoms with Crippen LogP contribution in [0.1, 0.15) is 30.7 Å². The fourth-order valence-electron chi connectivity index (χ4n) is 2.33. The Morgan fingerprint density at radius 2 is 2.15 bits per heavy atom. The molecule has 1 aliphatic rings. The molecule has 1 aromatic heterocycles. The van der Waals surface area contributed by atoms with Gasteiger partial charge in [-0.15, -0.1) is 10.2 Å². The lowest BCUT2D eigenvalue weighted by molar-refractivity contribution is 0.590. The molecule has 0 radical (unpaired) electrons. The highest BCUT2D eigenvalue weighted by Crippen LogP contribution is 2.31. The predicted molar refractivity (Wildman–Crippen MR) is 72.8 cm³/mol. The van der Waals surface area contributed by atoms with Crippen LogP contribution in [0.15, 0.2) is 28.3 Å². The van der Waals surface area contributed by atoms with E-state index >= 15 is 0 Å². The number of halogens is 1. The number of hydrogen-bond acceptors (Lipinski definition) is 4. The van der Waals surface area contributed by atoms with Crippen LogP contribution in [0.25, 0.3) is 0 Å². The molecule has 1 aliphatic heterocycles. The van der Waals surface area contributed by atoms with Gasteiger partial charge in [0.2, 0.25) is 0 Å². The Bertz CT molecular complexity index is 674. The van der Waals surface area contributed by atoms with Gasteiger partial charge in [-0.2, -0.15) is 5.26 Å². The Balaban J connectivity index is 1.95. The molecule has 0 fully saturated rings. The summed E-state index contributed by atoms with van der Waals surface area (Å²) in [5.41, 5.74) is 0.0727. The summed E-state index contributed by atoms with van der Waals surface area (Å²) in [6.45, 7) is 0.891. The molecule has 0 saturated carbocycles. The molecule has 20 heavy (non-hydrogen) atoms. The number of aryl methyl sites for hydroxylation is 1. The van der Waals surface area contributed by atoms with Crippen LogP contribution in [0.3, 0.4) is 0 Å². The molecule has 0 saturated heterocycles. The van der Waals surface area contributed by atoms with Crippen LogP contribution in [0, 0.1) is 17.1 Å². The van der Waals surface area contributed by atoms with E-state index in [-0.39, 0.29) is 5.56 Å². The second-order valence-corrected chi connectivity index (χ2v) is 5.70. The highest BCUT2D eigenvalue weighted by atomic mass is 32.2. The normalized spacial score (nSPS) is 14.4. The summed E-state index contributed by atoms with van der Waals surface area (Å²) >= 11 is 1.31. The van der Waals surface area contributed by atoms with E-state index in [4.69, 9.17) is 5.26 Å². The molecule has 1 aromatic carbocycles. The van der Waals surface area contributed by atoms with Crippen molar-refractivity contribution in [3.63, 3.8) is 0 Å². The molecule has 0 N–H and O–H groups in total. The van der Waals surface area contributed by atoms with Crippen molar-refractivity contribution in [2.45, 2.75) is 42.3 Å². The Kier molecular flexibility index (Phi) is 3.70. The van der Waals surface area contributed by atoms with Gasteiger partial charge in [0.1, 0.15) is 23.3 Å². The van der Waals surface area contributed by atoms with Crippen LogP contribution in [-0.4, -0.2) is 14.8 Å². The number of hydrogen-bond donors (Lipinski definition) is 0.